The van der Waals surface area contributed by atoms with Crippen LogP contribution in [0.3, 0.4) is 0 Å². The largest absolute Gasteiger partial charge is 0.489 e. The molecule has 0 spiro atoms. The van der Waals surface area contributed by atoms with Crippen LogP contribution in [0.25, 0.3) is 0 Å². The molecule has 3 aromatic rings. The lowest BCUT2D eigenvalue weighted by Crippen LogP contribution is -2.28. The number of nitrogens with zero attached hydrogens (tertiary/aromatic N) is 1. The van der Waals surface area contributed by atoms with E-state index in [4.69, 9.17) is 4.74 Å². The summed E-state index contributed by atoms with van der Waals surface area (Å²) in [5.41, 5.74) is 2.76. The number of carbonyl (C=O) groups excluding carboxylic acids is 1. The fraction of sp³-hybridized carbons (Fsp3) is 0.100. The van der Waals surface area contributed by atoms with E-state index in [9.17, 15) is 4.79 Å². The lowest BCUT2D eigenvalue weighted by Gasteiger charge is -2.09. The van der Waals surface area contributed by atoms with Crippen LogP contribution in [-0.4, -0.2) is 11.0 Å². The molecule has 0 atom stereocenters. The normalized spacial score (nSPS) is 10.1. The number of hydrogen-bond acceptors (Lipinski definition) is 3. The molecule has 0 unspecified atom stereocenters. The van der Waals surface area contributed by atoms with Gasteiger partial charge in [-0.05, 0) is 35.9 Å². The number of nitrogens with one attached hydrogen (secondary N) is 2. The van der Waals surface area contributed by atoms with Crippen molar-refractivity contribution in [3.63, 3.8) is 0 Å². The molecular weight excluding hydrogens is 314 g/mol. The standard InChI is InChI=1S/C20H19N3O2/c24-20(22-14-16-5-2-1-3-6-16)23-18-8-10-19(11-9-18)25-15-17-7-4-12-21-13-17/h1-13H,14-15H2,(H2,22,23,24). The van der Waals surface area contributed by atoms with Crippen LogP contribution in [0.1, 0.15) is 11.1 Å². The predicted molar refractivity (Wildman–Crippen MR) is 97.3 cm³/mol. The molecule has 5 heteroatoms. The predicted octanol–water partition coefficient (Wildman–Crippen LogP) is 3.98. The molecule has 0 bridgehead atoms. The number of pyridine rings is 1. The van der Waals surface area contributed by atoms with Gasteiger partial charge in [0.2, 0.25) is 0 Å². The van der Waals surface area contributed by atoms with E-state index in [1.54, 1.807) is 24.5 Å². The first-order valence-electron chi connectivity index (χ1n) is 8.00. The summed E-state index contributed by atoms with van der Waals surface area (Å²) in [6.45, 7) is 0.942. The van der Waals surface area contributed by atoms with Gasteiger partial charge in [0.25, 0.3) is 0 Å². The van der Waals surface area contributed by atoms with Crippen molar-refractivity contribution >= 4 is 11.7 Å². The number of anilines is 1. The van der Waals surface area contributed by atoms with Gasteiger partial charge >= 0.3 is 6.03 Å². The molecule has 25 heavy (non-hydrogen) atoms. The molecule has 0 fully saturated rings. The van der Waals surface area contributed by atoms with E-state index in [2.05, 4.69) is 15.6 Å². The van der Waals surface area contributed by atoms with Crippen molar-refractivity contribution in [3.05, 3.63) is 90.3 Å². The second-order valence-electron chi connectivity index (χ2n) is 5.47. The molecule has 0 saturated heterocycles. The quantitative estimate of drug-likeness (QED) is 0.717. The fourth-order valence-electron chi connectivity index (χ4n) is 2.24. The Balaban J connectivity index is 1.46. The first-order valence-corrected chi connectivity index (χ1v) is 8.00. The number of benzene rings is 2. The highest BCUT2D eigenvalue weighted by Gasteiger charge is 2.02. The van der Waals surface area contributed by atoms with Gasteiger partial charge in [-0.2, -0.15) is 0 Å². The maximum Gasteiger partial charge on any atom is 0.319 e. The summed E-state index contributed by atoms with van der Waals surface area (Å²) in [6, 6.07) is 20.6. The van der Waals surface area contributed by atoms with Crippen LogP contribution in [0.15, 0.2) is 79.1 Å². The highest BCUT2D eigenvalue weighted by atomic mass is 16.5. The summed E-state index contributed by atoms with van der Waals surface area (Å²) in [5.74, 6) is 0.735. The lowest BCUT2D eigenvalue weighted by atomic mass is 10.2. The summed E-state index contributed by atoms with van der Waals surface area (Å²) in [5, 5.41) is 5.62. The maximum atomic E-state index is 11.9. The third kappa shape index (κ3) is 5.35. The summed E-state index contributed by atoms with van der Waals surface area (Å²) >= 11 is 0. The molecule has 0 radical (unpaired) electrons. The van der Waals surface area contributed by atoms with Crippen molar-refractivity contribution < 1.29 is 9.53 Å². The zero-order valence-corrected chi connectivity index (χ0v) is 13.7. The maximum absolute atomic E-state index is 11.9. The summed E-state index contributed by atoms with van der Waals surface area (Å²) in [6.07, 6.45) is 3.50. The molecular formula is C20H19N3O2. The van der Waals surface area contributed by atoms with Gasteiger partial charge in [0.1, 0.15) is 12.4 Å². The summed E-state index contributed by atoms with van der Waals surface area (Å²) < 4.78 is 5.69. The van der Waals surface area contributed by atoms with E-state index in [0.29, 0.717) is 18.8 Å². The monoisotopic (exact) mass is 333 g/mol. The average Bonchev–Trinajstić information content (AvgIpc) is 2.67. The van der Waals surface area contributed by atoms with Gasteiger partial charge in [-0.15, -0.1) is 0 Å². The van der Waals surface area contributed by atoms with E-state index in [1.165, 1.54) is 0 Å². The van der Waals surface area contributed by atoms with Crippen LogP contribution in [-0.2, 0) is 13.2 Å². The summed E-state index contributed by atoms with van der Waals surface area (Å²) in [7, 11) is 0. The Labute approximate surface area is 146 Å². The SMILES string of the molecule is O=C(NCc1ccccc1)Nc1ccc(OCc2cccnc2)cc1. The lowest BCUT2D eigenvalue weighted by molar-refractivity contribution is 0.251. The second kappa shape index (κ2) is 8.49. The number of urea groups is 1. The Morgan fingerprint density at radius 2 is 1.68 bits per heavy atom. The van der Waals surface area contributed by atoms with Crippen LogP contribution in [0.4, 0.5) is 10.5 Å². The number of aromatic nitrogens is 1. The van der Waals surface area contributed by atoms with Gasteiger partial charge in [0.15, 0.2) is 0 Å². The zero-order chi connectivity index (χ0) is 17.3. The topological polar surface area (TPSA) is 63.2 Å². The minimum absolute atomic E-state index is 0.243. The molecule has 0 saturated carbocycles. The average molecular weight is 333 g/mol. The van der Waals surface area contributed by atoms with E-state index >= 15 is 0 Å². The zero-order valence-electron chi connectivity index (χ0n) is 13.7. The number of hydrogen-bond donors (Lipinski definition) is 2. The van der Waals surface area contributed by atoms with Gasteiger partial charge in [0, 0.05) is 30.2 Å². The van der Waals surface area contributed by atoms with Crippen LogP contribution in [0, 0.1) is 0 Å². The van der Waals surface area contributed by atoms with Crippen molar-refractivity contribution in [2.75, 3.05) is 5.32 Å². The minimum atomic E-state index is -0.243. The molecule has 1 heterocycles. The molecule has 2 amide bonds. The van der Waals surface area contributed by atoms with Crippen LogP contribution >= 0.6 is 0 Å². The molecule has 0 aliphatic rings. The van der Waals surface area contributed by atoms with Gasteiger partial charge in [-0.25, -0.2) is 4.79 Å². The molecule has 5 nitrogen and oxygen atoms in total. The van der Waals surface area contributed by atoms with E-state index < -0.39 is 0 Å². The Morgan fingerprint density at radius 3 is 2.40 bits per heavy atom. The molecule has 2 aromatic carbocycles. The summed E-state index contributed by atoms with van der Waals surface area (Å²) in [4.78, 5) is 16.0. The van der Waals surface area contributed by atoms with Crippen molar-refractivity contribution in [2.45, 2.75) is 13.2 Å². The van der Waals surface area contributed by atoms with Crippen molar-refractivity contribution in [3.8, 4) is 5.75 Å². The Bertz CT molecular complexity index is 790. The number of rotatable bonds is 6. The molecule has 0 aliphatic carbocycles. The van der Waals surface area contributed by atoms with Crippen molar-refractivity contribution in [1.82, 2.24) is 10.3 Å². The Morgan fingerprint density at radius 1 is 0.920 bits per heavy atom. The molecule has 1 aromatic heterocycles. The van der Waals surface area contributed by atoms with Gasteiger partial charge in [-0.1, -0.05) is 36.4 Å². The van der Waals surface area contributed by atoms with E-state index in [-0.39, 0.29) is 6.03 Å². The number of carbonyl (C=O) groups is 1. The van der Waals surface area contributed by atoms with E-state index in [0.717, 1.165) is 16.9 Å². The minimum Gasteiger partial charge on any atom is -0.489 e. The van der Waals surface area contributed by atoms with Gasteiger partial charge < -0.3 is 15.4 Å². The highest BCUT2D eigenvalue weighted by molar-refractivity contribution is 5.89. The van der Waals surface area contributed by atoms with Crippen LogP contribution < -0.4 is 15.4 Å². The first kappa shape index (κ1) is 16.5. The fourth-order valence-corrected chi connectivity index (χ4v) is 2.24. The molecule has 126 valence electrons. The van der Waals surface area contributed by atoms with Gasteiger partial charge in [0.05, 0.1) is 0 Å². The smallest absolute Gasteiger partial charge is 0.319 e. The van der Waals surface area contributed by atoms with Gasteiger partial charge in [-0.3, -0.25) is 4.98 Å². The van der Waals surface area contributed by atoms with E-state index in [1.807, 2.05) is 54.6 Å². The van der Waals surface area contributed by atoms with Crippen LogP contribution in [0.5, 0.6) is 5.75 Å². The number of ether oxygens (including phenoxy) is 1. The molecule has 2 N–H and O–H groups in total. The first-order chi connectivity index (χ1) is 12.3. The molecule has 3 rings (SSSR count). The van der Waals surface area contributed by atoms with Crippen molar-refractivity contribution in [2.24, 2.45) is 0 Å². The Kier molecular flexibility index (Phi) is 5.61. The second-order valence-corrected chi connectivity index (χ2v) is 5.47. The number of amides is 2. The van der Waals surface area contributed by atoms with Crippen molar-refractivity contribution in [1.29, 1.82) is 0 Å². The highest BCUT2D eigenvalue weighted by Crippen LogP contribution is 2.17. The van der Waals surface area contributed by atoms with Crippen LogP contribution in [0.2, 0.25) is 0 Å². The Hall–Kier alpha value is -3.34. The third-order valence-electron chi connectivity index (χ3n) is 3.54. The molecule has 0 aliphatic heterocycles. The third-order valence-corrected chi connectivity index (χ3v) is 3.54.